The predicted molar refractivity (Wildman–Crippen MR) is 108 cm³/mol. The zero-order chi connectivity index (χ0) is 20.8. The fourth-order valence-electron chi connectivity index (χ4n) is 3.48. The zero-order valence-electron chi connectivity index (χ0n) is 16.9. The monoisotopic (exact) mass is 398 g/mol. The molecular formula is C22H26N2O5. The average Bonchev–Trinajstić information content (AvgIpc) is 3.12. The van der Waals surface area contributed by atoms with Gasteiger partial charge in [-0.1, -0.05) is 30.3 Å². The summed E-state index contributed by atoms with van der Waals surface area (Å²) in [6.45, 7) is 1.25. The quantitative estimate of drug-likeness (QED) is 0.739. The molecule has 3 rings (SSSR count). The molecule has 0 aliphatic carbocycles. The molecule has 1 atom stereocenters. The van der Waals surface area contributed by atoms with Gasteiger partial charge in [-0.15, -0.1) is 0 Å². The van der Waals surface area contributed by atoms with Gasteiger partial charge in [0.15, 0.2) is 11.5 Å². The zero-order valence-corrected chi connectivity index (χ0v) is 16.9. The number of amides is 2. The maximum absolute atomic E-state index is 12.6. The first-order valence-corrected chi connectivity index (χ1v) is 9.44. The van der Waals surface area contributed by atoms with Crippen molar-refractivity contribution in [1.29, 1.82) is 0 Å². The van der Waals surface area contributed by atoms with Crippen LogP contribution >= 0.6 is 0 Å². The molecule has 0 spiro atoms. The van der Waals surface area contributed by atoms with Gasteiger partial charge in [-0.2, -0.15) is 0 Å². The highest BCUT2D eigenvalue weighted by Gasteiger charge is 2.34. The third-order valence-corrected chi connectivity index (χ3v) is 4.99. The fraction of sp³-hybridized carbons (Fsp3) is 0.364. The van der Waals surface area contributed by atoms with Crippen LogP contribution in [0.4, 0.5) is 0 Å². The van der Waals surface area contributed by atoms with Crippen LogP contribution in [0, 0.1) is 5.92 Å². The Labute approximate surface area is 170 Å². The second-order valence-electron chi connectivity index (χ2n) is 6.91. The summed E-state index contributed by atoms with van der Waals surface area (Å²) < 4.78 is 16.0. The number of nitrogens with one attached hydrogen (secondary N) is 1. The summed E-state index contributed by atoms with van der Waals surface area (Å²) in [7, 11) is 4.64. The van der Waals surface area contributed by atoms with Crippen LogP contribution in [0.3, 0.4) is 0 Å². The Hall–Kier alpha value is -3.22. The van der Waals surface area contributed by atoms with E-state index in [2.05, 4.69) is 5.32 Å². The lowest BCUT2D eigenvalue weighted by atomic mass is 10.1. The smallest absolute Gasteiger partial charge is 0.225 e. The molecule has 2 aromatic rings. The van der Waals surface area contributed by atoms with E-state index in [9.17, 15) is 9.59 Å². The topological polar surface area (TPSA) is 77.1 Å². The minimum absolute atomic E-state index is 0.00166. The number of hydrogen-bond donors (Lipinski definition) is 1. The maximum Gasteiger partial charge on any atom is 0.225 e. The van der Waals surface area contributed by atoms with Gasteiger partial charge in [0.2, 0.25) is 17.6 Å². The number of benzene rings is 2. The summed E-state index contributed by atoms with van der Waals surface area (Å²) in [5, 5.41) is 2.92. The summed E-state index contributed by atoms with van der Waals surface area (Å²) in [5.74, 6) is 1.07. The van der Waals surface area contributed by atoms with Crippen molar-refractivity contribution in [2.45, 2.75) is 19.5 Å². The van der Waals surface area contributed by atoms with Crippen molar-refractivity contribution in [2.75, 3.05) is 27.9 Å². The van der Waals surface area contributed by atoms with E-state index in [0.717, 1.165) is 11.1 Å². The Morgan fingerprint density at radius 3 is 2.28 bits per heavy atom. The second-order valence-corrected chi connectivity index (χ2v) is 6.91. The number of hydrogen-bond acceptors (Lipinski definition) is 5. The molecule has 2 aromatic carbocycles. The molecule has 1 unspecified atom stereocenters. The average molecular weight is 398 g/mol. The number of nitrogens with zero attached hydrogens (tertiary/aromatic N) is 1. The summed E-state index contributed by atoms with van der Waals surface area (Å²) in [6, 6.07) is 13.4. The van der Waals surface area contributed by atoms with Crippen LogP contribution in [-0.2, 0) is 22.7 Å². The van der Waals surface area contributed by atoms with Crippen molar-refractivity contribution < 1.29 is 23.8 Å². The SMILES string of the molecule is COc1cc(CNC(=O)C2CC(=O)N(Cc3ccccc3)C2)cc(OC)c1OC. The van der Waals surface area contributed by atoms with Gasteiger partial charge in [0.05, 0.1) is 27.2 Å². The van der Waals surface area contributed by atoms with Crippen molar-refractivity contribution >= 4 is 11.8 Å². The summed E-state index contributed by atoms with van der Waals surface area (Å²) >= 11 is 0. The molecule has 1 aliphatic heterocycles. The minimum Gasteiger partial charge on any atom is -0.493 e. The molecule has 1 N–H and O–H groups in total. The Morgan fingerprint density at radius 1 is 1.03 bits per heavy atom. The van der Waals surface area contributed by atoms with E-state index >= 15 is 0 Å². The first kappa shape index (κ1) is 20.5. The molecule has 2 amide bonds. The molecule has 0 aromatic heterocycles. The molecule has 1 heterocycles. The summed E-state index contributed by atoms with van der Waals surface area (Å²) in [4.78, 5) is 26.7. The van der Waals surface area contributed by atoms with E-state index in [1.807, 2.05) is 30.3 Å². The molecular weight excluding hydrogens is 372 g/mol. The lowest BCUT2D eigenvalue weighted by Crippen LogP contribution is -2.32. The van der Waals surface area contributed by atoms with Gasteiger partial charge >= 0.3 is 0 Å². The highest BCUT2D eigenvalue weighted by atomic mass is 16.5. The number of ether oxygens (including phenoxy) is 3. The van der Waals surface area contributed by atoms with Crippen LogP contribution in [0.2, 0.25) is 0 Å². The third-order valence-electron chi connectivity index (χ3n) is 4.99. The second kappa shape index (κ2) is 9.32. The van der Waals surface area contributed by atoms with Crippen molar-refractivity contribution in [2.24, 2.45) is 5.92 Å². The molecule has 0 radical (unpaired) electrons. The molecule has 29 heavy (non-hydrogen) atoms. The highest BCUT2D eigenvalue weighted by molar-refractivity contribution is 5.89. The number of carbonyl (C=O) groups is 2. The van der Waals surface area contributed by atoms with Crippen LogP contribution < -0.4 is 19.5 Å². The van der Waals surface area contributed by atoms with Crippen molar-refractivity contribution in [1.82, 2.24) is 10.2 Å². The van der Waals surface area contributed by atoms with Crippen molar-refractivity contribution in [3.63, 3.8) is 0 Å². The Bertz CT molecular complexity index is 844. The minimum atomic E-state index is -0.353. The van der Waals surface area contributed by atoms with Crippen LogP contribution in [0.1, 0.15) is 17.5 Å². The summed E-state index contributed by atoms with van der Waals surface area (Å²) in [6.07, 6.45) is 0.230. The molecule has 154 valence electrons. The van der Waals surface area contributed by atoms with Gasteiger partial charge in [0, 0.05) is 26.1 Å². The Kier molecular flexibility index (Phi) is 6.59. The number of rotatable bonds is 8. The summed E-state index contributed by atoms with van der Waals surface area (Å²) in [5.41, 5.74) is 1.87. The largest absolute Gasteiger partial charge is 0.493 e. The van der Waals surface area contributed by atoms with E-state index in [1.54, 1.807) is 38.4 Å². The standard InChI is InChI=1S/C22H26N2O5/c1-27-18-9-16(10-19(28-2)21(18)29-3)12-23-22(26)17-11-20(25)24(14-17)13-15-7-5-4-6-8-15/h4-10,17H,11-14H2,1-3H3,(H,23,26). The molecule has 1 fully saturated rings. The third kappa shape index (κ3) is 4.80. The van der Waals surface area contributed by atoms with E-state index in [-0.39, 0.29) is 24.2 Å². The first-order chi connectivity index (χ1) is 14.0. The predicted octanol–water partition coefficient (Wildman–Crippen LogP) is 2.38. The normalized spacial score (nSPS) is 15.9. The van der Waals surface area contributed by atoms with E-state index in [4.69, 9.17) is 14.2 Å². The van der Waals surface area contributed by atoms with E-state index in [1.165, 1.54) is 0 Å². The molecule has 7 heteroatoms. The van der Waals surface area contributed by atoms with Crippen LogP contribution in [0.25, 0.3) is 0 Å². The fourth-order valence-corrected chi connectivity index (χ4v) is 3.48. The molecule has 7 nitrogen and oxygen atoms in total. The van der Waals surface area contributed by atoms with Crippen LogP contribution in [-0.4, -0.2) is 44.6 Å². The Balaban J connectivity index is 1.60. The first-order valence-electron chi connectivity index (χ1n) is 9.44. The molecule has 1 aliphatic rings. The number of likely N-dealkylation sites (tertiary alicyclic amines) is 1. The Morgan fingerprint density at radius 2 is 1.69 bits per heavy atom. The lowest BCUT2D eigenvalue weighted by Gasteiger charge is -2.17. The van der Waals surface area contributed by atoms with E-state index < -0.39 is 0 Å². The molecule has 0 bridgehead atoms. The maximum atomic E-state index is 12.6. The van der Waals surface area contributed by atoms with Gasteiger partial charge in [0.1, 0.15) is 0 Å². The lowest BCUT2D eigenvalue weighted by molar-refractivity contribution is -0.129. The van der Waals surface area contributed by atoms with Gasteiger partial charge < -0.3 is 24.4 Å². The van der Waals surface area contributed by atoms with Gasteiger partial charge in [-0.3, -0.25) is 9.59 Å². The van der Waals surface area contributed by atoms with E-state index in [0.29, 0.717) is 36.9 Å². The van der Waals surface area contributed by atoms with Gasteiger partial charge in [-0.05, 0) is 23.3 Å². The van der Waals surface area contributed by atoms with Crippen molar-refractivity contribution in [3.05, 3.63) is 53.6 Å². The number of methoxy groups -OCH3 is 3. The molecule has 1 saturated heterocycles. The van der Waals surface area contributed by atoms with Gasteiger partial charge in [0.25, 0.3) is 0 Å². The van der Waals surface area contributed by atoms with Crippen LogP contribution in [0.15, 0.2) is 42.5 Å². The molecule has 0 saturated carbocycles. The van der Waals surface area contributed by atoms with Crippen LogP contribution in [0.5, 0.6) is 17.2 Å². The van der Waals surface area contributed by atoms with Crippen molar-refractivity contribution in [3.8, 4) is 17.2 Å². The highest BCUT2D eigenvalue weighted by Crippen LogP contribution is 2.38. The number of carbonyl (C=O) groups excluding carboxylic acids is 2. The van der Waals surface area contributed by atoms with Gasteiger partial charge in [-0.25, -0.2) is 0 Å².